The number of carbonyl (C=O) groups is 4. The molecule has 4 N–H and O–H groups in total. The van der Waals surface area contributed by atoms with Crippen molar-refractivity contribution >= 4 is 40.5 Å². The maximum Gasteiger partial charge on any atom is 0.329 e. The summed E-state index contributed by atoms with van der Waals surface area (Å²) < 4.78 is 46.3. The third-order valence-electron chi connectivity index (χ3n) is 16.2. The number of halogens is 2. The van der Waals surface area contributed by atoms with Gasteiger partial charge in [-0.3, -0.25) is 29.3 Å². The highest BCUT2D eigenvalue weighted by atomic mass is 19.1. The second-order valence-electron chi connectivity index (χ2n) is 20.0. The summed E-state index contributed by atoms with van der Waals surface area (Å²) in [6.07, 6.45) is 7.35. The number of hydrogen-bond donors (Lipinski definition) is 3. The Kier molecular flexibility index (Phi) is 12.9. The van der Waals surface area contributed by atoms with Gasteiger partial charge in [-0.1, -0.05) is 49.4 Å². The predicted octanol–water partition coefficient (Wildman–Crippen LogP) is 7.79. The summed E-state index contributed by atoms with van der Waals surface area (Å²) in [6, 6.07) is 20.2. The normalized spacial score (nSPS) is 23.6. The summed E-state index contributed by atoms with van der Waals surface area (Å²) in [5.41, 5.74) is 8.73. The lowest BCUT2D eigenvalue weighted by Crippen LogP contribution is -2.51. The van der Waals surface area contributed by atoms with Crippen LogP contribution in [0.2, 0.25) is 0 Å². The van der Waals surface area contributed by atoms with E-state index in [0.717, 1.165) is 94.0 Å². The molecule has 10 rings (SSSR count). The van der Waals surface area contributed by atoms with Crippen LogP contribution in [0.4, 0.5) is 19.4 Å². The number of rotatable bonds is 11. The highest BCUT2D eigenvalue weighted by molar-refractivity contribution is 6.09. The summed E-state index contributed by atoms with van der Waals surface area (Å²) in [4.78, 5) is 57.6. The Labute approximate surface area is 406 Å². The van der Waals surface area contributed by atoms with E-state index in [1.165, 1.54) is 30.9 Å². The molecule has 0 unspecified atom stereocenters. The zero-order chi connectivity index (χ0) is 49.0. The van der Waals surface area contributed by atoms with Crippen molar-refractivity contribution < 1.29 is 37.4 Å². The minimum Gasteiger partial charge on any atom is -0.494 e. The molecular weight excluding hydrogens is 895 g/mol. The number of primary amides is 1. The van der Waals surface area contributed by atoms with Crippen molar-refractivity contribution in [2.75, 3.05) is 51.3 Å². The fourth-order valence-electron chi connectivity index (χ4n) is 12.4. The number of anilines is 1. The first-order valence-electron chi connectivity index (χ1n) is 24.8. The van der Waals surface area contributed by atoms with Crippen molar-refractivity contribution in [3.05, 3.63) is 106 Å². The number of nitrogens with zero attached hydrogens (tertiary/aromatic N) is 5. The molecule has 3 saturated heterocycles. The van der Waals surface area contributed by atoms with E-state index in [1.807, 2.05) is 61.1 Å². The van der Waals surface area contributed by atoms with Crippen LogP contribution in [0.5, 0.6) is 11.5 Å². The summed E-state index contributed by atoms with van der Waals surface area (Å²) in [7, 11) is 3.26. The fourth-order valence-corrected chi connectivity index (χ4v) is 12.4. The van der Waals surface area contributed by atoms with Gasteiger partial charge in [-0.05, 0) is 118 Å². The molecule has 16 heteroatoms. The molecular formula is C54H62F2N8O6. The van der Waals surface area contributed by atoms with Gasteiger partial charge in [0.25, 0.3) is 0 Å². The minimum atomic E-state index is -1.01. The van der Waals surface area contributed by atoms with E-state index in [1.54, 1.807) is 11.8 Å². The molecule has 0 radical (unpaired) electrons. The van der Waals surface area contributed by atoms with Gasteiger partial charge < -0.3 is 30.3 Å². The van der Waals surface area contributed by atoms with E-state index in [2.05, 4.69) is 26.5 Å². The minimum absolute atomic E-state index is 0.0351. The average Bonchev–Trinajstić information content (AvgIpc) is 3.86. The number of ether oxygens (including phenoxy) is 2. The smallest absolute Gasteiger partial charge is 0.329 e. The number of nitrogens with two attached hydrogens (primary N) is 1. The molecule has 4 aromatic carbocycles. The molecule has 14 nitrogen and oxygen atoms in total. The van der Waals surface area contributed by atoms with Gasteiger partial charge in [0.15, 0.2) is 23.0 Å². The highest BCUT2D eigenvalue weighted by Gasteiger charge is 2.50. The number of nitrogens with one attached hydrogen (secondary N) is 2. The maximum atomic E-state index is 16.3. The van der Waals surface area contributed by atoms with Crippen LogP contribution in [0, 0.1) is 24.5 Å². The number of aryl methyl sites for hydroxylation is 1. The van der Waals surface area contributed by atoms with Gasteiger partial charge in [0, 0.05) is 86.1 Å². The van der Waals surface area contributed by atoms with Crippen molar-refractivity contribution in [1.82, 2.24) is 30.2 Å². The first-order chi connectivity index (χ1) is 33.8. The molecule has 0 spiro atoms. The van der Waals surface area contributed by atoms with Crippen LogP contribution in [-0.4, -0.2) is 102 Å². The van der Waals surface area contributed by atoms with E-state index in [-0.39, 0.29) is 63.9 Å². The SMILES string of the molecule is COc1ccc(C(N)=O)c(-c2c(C)c(F)cc3c2[C@H](C)[C@@](CNC2CCC(C(=O)N4CCC(N5CCC(c6cccc7c(N8CCC(=O)NC8=O)nn(C)c67)CC5)CC4)CC2)(c2ccccc2)O3)c1F. The number of urea groups is 1. The molecule has 4 fully saturated rings. The van der Waals surface area contributed by atoms with Crippen molar-refractivity contribution in [3.63, 3.8) is 0 Å². The summed E-state index contributed by atoms with van der Waals surface area (Å²) in [6.45, 7) is 7.72. The first kappa shape index (κ1) is 47.3. The van der Waals surface area contributed by atoms with Crippen molar-refractivity contribution in [2.45, 2.75) is 101 Å². The van der Waals surface area contributed by atoms with E-state index in [0.29, 0.717) is 36.4 Å². The number of imide groups is 1. The molecule has 0 bridgehead atoms. The molecule has 5 heterocycles. The summed E-state index contributed by atoms with van der Waals surface area (Å²) in [5, 5.41) is 11.9. The molecule has 5 aromatic rings. The van der Waals surface area contributed by atoms with Gasteiger partial charge in [-0.2, -0.15) is 5.10 Å². The largest absolute Gasteiger partial charge is 0.494 e. The van der Waals surface area contributed by atoms with E-state index in [9.17, 15) is 19.2 Å². The Balaban J connectivity index is 0.755. The van der Waals surface area contributed by atoms with Crippen LogP contribution in [-0.2, 0) is 22.2 Å². The number of likely N-dealkylation sites (tertiary alicyclic amines) is 2. The van der Waals surface area contributed by atoms with E-state index < -0.39 is 35.1 Å². The Morgan fingerprint density at radius 2 is 1.64 bits per heavy atom. The predicted molar refractivity (Wildman–Crippen MR) is 262 cm³/mol. The Morgan fingerprint density at radius 1 is 0.914 bits per heavy atom. The average molecular weight is 957 g/mol. The Bertz CT molecular complexity index is 2850. The van der Waals surface area contributed by atoms with Crippen LogP contribution in [0.15, 0.2) is 66.7 Å². The Morgan fingerprint density at radius 3 is 2.33 bits per heavy atom. The van der Waals surface area contributed by atoms with Gasteiger partial charge in [0.1, 0.15) is 11.6 Å². The topological polar surface area (TPSA) is 164 Å². The van der Waals surface area contributed by atoms with Gasteiger partial charge in [0.05, 0.1) is 18.2 Å². The lowest BCUT2D eigenvalue weighted by Gasteiger charge is -2.43. The molecule has 1 aromatic heterocycles. The summed E-state index contributed by atoms with van der Waals surface area (Å²) in [5.74, 6) is -1.59. The lowest BCUT2D eigenvalue weighted by molar-refractivity contribution is -0.138. The first-order valence-corrected chi connectivity index (χ1v) is 24.8. The number of aromatic nitrogens is 2. The van der Waals surface area contributed by atoms with Crippen LogP contribution in [0.3, 0.4) is 0 Å². The number of amides is 5. The number of fused-ring (bicyclic) bond motifs is 2. The van der Waals surface area contributed by atoms with Crippen LogP contribution in [0.1, 0.15) is 109 Å². The molecule has 1 saturated carbocycles. The number of carbonyl (C=O) groups excluding carboxylic acids is 4. The standard InChI is InChI=1S/C54H62F2N8O6/c1-31-41(55)29-43-46(45(31)47-39(50(57)66)17-18-42(69-4)48(47)56)32(2)54(70-43,35-9-6-5-7-10-35)30-58-36-15-13-34(14-16-36)52(67)63-26-21-37(22-27-63)62-24-19-33(20-25-62)38-11-8-12-40-49(38)61(3)60-51(40)64-28-23-44(65)59-53(64)68/h5-12,17-18,29,32-34,36-37,58H,13-16,19-28,30H2,1-4H3,(H2,57,66)(H,59,65,68)/t32-,34?,36?,54-/m0/s1. The number of methoxy groups -OCH3 is 1. The quantitative estimate of drug-likeness (QED) is 0.120. The zero-order valence-electron chi connectivity index (χ0n) is 40.4. The maximum absolute atomic E-state index is 16.3. The molecule has 4 aliphatic heterocycles. The molecule has 70 heavy (non-hydrogen) atoms. The third kappa shape index (κ3) is 8.35. The highest BCUT2D eigenvalue weighted by Crippen LogP contribution is 2.56. The molecule has 5 aliphatic rings. The zero-order valence-corrected chi connectivity index (χ0v) is 40.4. The molecule has 1 aliphatic carbocycles. The molecule has 2 atom stereocenters. The van der Waals surface area contributed by atoms with Gasteiger partial charge >= 0.3 is 6.03 Å². The monoisotopic (exact) mass is 956 g/mol. The van der Waals surface area contributed by atoms with Gasteiger partial charge in [0.2, 0.25) is 17.7 Å². The number of hydrogen-bond acceptors (Lipinski definition) is 9. The number of piperidine rings is 2. The Hall–Kier alpha value is -6.39. The number of para-hydroxylation sites is 1. The van der Waals surface area contributed by atoms with Gasteiger partial charge in [-0.15, -0.1) is 0 Å². The van der Waals surface area contributed by atoms with Crippen LogP contribution in [0.25, 0.3) is 22.0 Å². The van der Waals surface area contributed by atoms with Crippen molar-refractivity contribution in [1.29, 1.82) is 0 Å². The fraction of sp³-hybridized carbons (Fsp3) is 0.463. The summed E-state index contributed by atoms with van der Waals surface area (Å²) >= 11 is 0. The van der Waals surface area contributed by atoms with Crippen molar-refractivity contribution in [3.8, 4) is 22.6 Å². The van der Waals surface area contributed by atoms with Crippen LogP contribution >= 0.6 is 0 Å². The second kappa shape index (κ2) is 19.1. The second-order valence-corrected chi connectivity index (χ2v) is 20.0. The molecule has 368 valence electrons. The lowest BCUT2D eigenvalue weighted by atomic mass is 9.76. The van der Waals surface area contributed by atoms with E-state index in [4.69, 9.17) is 20.3 Å². The van der Waals surface area contributed by atoms with Crippen molar-refractivity contribution in [2.24, 2.45) is 18.7 Å². The third-order valence-corrected chi connectivity index (χ3v) is 16.2. The number of benzene rings is 4. The molecule has 5 amide bonds. The van der Waals surface area contributed by atoms with E-state index >= 15 is 8.78 Å². The van der Waals surface area contributed by atoms with Crippen LogP contribution < -0.4 is 30.7 Å². The van der Waals surface area contributed by atoms with Gasteiger partial charge in [-0.25, -0.2) is 13.6 Å².